The molecule has 1 aromatic rings. The van der Waals surface area contributed by atoms with Crippen LogP contribution in [0, 0.1) is 0 Å². The standard InChI is InChI=1S/C13H19N3O4S2/c1-19-11-4-3-10(9-12(11)20-2)22(17,18)16-7-5-15(6-8-16)13(14)21/h3-4,9H,5-8H2,1-2H3,(H2,14,21). The maximum absolute atomic E-state index is 12.7. The molecule has 1 aliphatic heterocycles. The second-order valence-electron chi connectivity index (χ2n) is 4.75. The van der Waals surface area contributed by atoms with Crippen molar-refractivity contribution in [2.75, 3.05) is 40.4 Å². The first-order valence-electron chi connectivity index (χ1n) is 6.66. The molecule has 0 unspecified atom stereocenters. The van der Waals surface area contributed by atoms with E-state index in [9.17, 15) is 8.42 Å². The van der Waals surface area contributed by atoms with Crippen LogP contribution in [0.4, 0.5) is 0 Å². The van der Waals surface area contributed by atoms with Gasteiger partial charge in [-0.05, 0) is 24.4 Å². The summed E-state index contributed by atoms with van der Waals surface area (Å²) in [7, 11) is -0.613. The van der Waals surface area contributed by atoms with Gasteiger partial charge in [-0.1, -0.05) is 0 Å². The van der Waals surface area contributed by atoms with Crippen molar-refractivity contribution in [3.05, 3.63) is 18.2 Å². The molecule has 22 heavy (non-hydrogen) atoms. The maximum Gasteiger partial charge on any atom is 0.243 e. The van der Waals surface area contributed by atoms with Crippen LogP contribution in [0.1, 0.15) is 0 Å². The summed E-state index contributed by atoms with van der Waals surface area (Å²) in [5.41, 5.74) is 5.56. The highest BCUT2D eigenvalue weighted by Gasteiger charge is 2.29. The Bertz CT molecular complexity index is 655. The molecule has 0 bridgehead atoms. The predicted octanol–water partition coefficient (Wildman–Crippen LogP) is 0.254. The second kappa shape index (κ2) is 6.67. The third kappa shape index (κ3) is 3.26. The Labute approximate surface area is 135 Å². The molecule has 0 atom stereocenters. The number of ether oxygens (including phenoxy) is 2. The zero-order valence-corrected chi connectivity index (χ0v) is 14.1. The van der Waals surface area contributed by atoms with E-state index in [1.54, 1.807) is 11.0 Å². The van der Waals surface area contributed by atoms with Gasteiger partial charge in [-0.3, -0.25) is 0 Å². The van der Waals surface area contributed by atoms with Gasteiger partial charge in [0.05, 0.1) is 19.1 Å². The summed E-state index contributed by atoms with van der Waals surface area (Å²) in [5.74, 6) is 0.866. The third-order valence-electron chi connectivity index (χ3n) is 3.54. The van der Waals surface area contributed by atoms with Crippen LogP contribution in [0.3, 0.4) is 0 Å². The first kappa shape index (κ1) is 16.8. The van der Waals surface area contributed by atoms with Crippen LogP contribution in [-0.4, -0.2) is 63.1 Å². The number of methoxy groups -OCH3 is 2. The fraction of sp³-hybridized carbons (Fsp3) is 0.462. The maximum atomic E-state index is 12.7. The summed E-state index contributed by atoms with van der Waals surface area (Å²) in [5, 5.41) is 0.295. The van der Waals surface area contributed by atoms with Gasteiger partial charge in [0.25, 0.3) is 0 Å². The molecule has 2 rings (SSSR count). The highest BCUT2D eigenvalue weighted by Crippen LogP contribution is 2.30. The average Bonchev–Trinajstić information content (AvgIpc) is 2.54. The van der Waals surface area contributed by atoms with E-state index in [0.717, 1.165) is 0 Å². The topological polar surface area (TPSA) is 85.1 Å². The van der Waals surface area contributed by atoms with Gasteiger partial charge in [0.2, 0.25) is 10.0 Å². The molecular weight excluding hydrogens is 326 g/mol. The van der Waals surface area contributed by atoms with E-state index in [-0.39, 0.29) is 4.90 Å². The van der Waals surface area contributed by atoms with Crippen molar-refractivity contribution in [2.45, 2.75) is 4.90 Å². The largest absolute Gasteiger partial charge is 0.493 e. The summed E-state index contributed by atoms with van der Waals surface area (Å²) in [6.07, 6.45) is 0. The van der Waals surface area contributed by atoms with Crippen LogP contribution in [0.2, 0.25) is 0 Å². The fourth-order valence-corrected chi connectivity index (χ4v) is 3.90. The van der Waals surface area contributed by atoms with E-state index in [1.165, 1.54) is 30.7 Å². The lowest BCUT2D eigenvalue weighted by molar-refractivity contribution is 0.267. The van der Waals surface area contributed by atoms with Crippen molar-refractivity contribution < 1.29 is 17.9 Å². The Morgan fingerprint density at radius 1 is 1.14 bits per heavy atom. The van der Waals surface area contributed by atoms with Crippen molar-refractivity contribution in [2.24, 2.45) is 5.73 Å². The minimum Gasteiger partial charge on any atom is -0.493 e. The van der Waals surface area contributed by atoms with Crippen molar-refractivity contribution in [1.29, 1.82) is 0 Å². The zero-order valence-electron chi connectivity index (χ0n) is 12.5. The lowest BCUT2D eigenvalue weighted by atomic mass is 10.3. The molecule has 122 valence electrons. The molecule has 1 heterocycles. The smallest absolute Gasteiger partial charge is 0.243 e. The summed E-state index contributed by atoms with van der Waals surface area (Å²) in [6, 6.07) is 4.56. The van der Waals surface area contributed by atoms with E-state index in [1.807, 2.05) is 0 Å². The lowest BCUT2D eigenvalue weighted by Crippen LogP contribution is -2.51. The first-order valence-corrected chi connectivity index (χ1v) is 8.51. The van der Waals surface area contributed by atoms with Crippen LogP contribution < -0.4 is 15.2 Å². The number of sulfonamides is 1. The molecule has 1 saturated heterocycles. The number of hydrogen-bond acceptors (Lipinski definition) is 5. The molecule has 9 heteroatoms. The normalized spacial score (nSPS) is 16.4. The molecular formula is C13H19N3O4S2. The minimum absolute atomic E-state index is 0.175. The number of nitrogens with two attached hydrogens (primary N) is 1. The summed E-state index contributed by atoms with van der Waals surface area (Å²) >= 11 is 4.91. The van der Waals surface area contributed by atoms with Gasteiger partial charge >= 0.3 is 0 Å². The zero-order chi connectivity index (χ0) is 16.3. The van der Waals surface area contributed by atoms with Crippen molar-refractivity contribution >= 4 is 27.4 Å². The van der Waals surface area contributed by atoms with E-state index in [0.29, 0.717) is 42.8 Å². The highest BCUT2D eigenvalue weighted by atomic mass is 32.2. The first-order chi connectivity index (χ1) is 10.4. The van der Waals surface area contributed by atoms with Crippen molar-refractivity contribution in [1.82, 2.24) is 9.21 Å². The fourth-order valence-electron chi connectivity index (χ4n) is 2.27. The lowest BCUT2D eigenvalue weighted by Gasteiger charge is -2.34. The van der Waals surface area contributed by atoms with Gasteiger partial charge in [0.1, 0.15) is 0 Å². The van der Waals surface area contributed by atoms with Crippen LogP contribution in [-0.2, 0) is 10.0 Å². The van der Waals surface area contributed by atoms with Gasteiger partial charge in [-0.15, -0.1) is 0 Å². The van der Waals surface area contributed by atoms with Crippen molar-refractivity contribution in [3.63, 3.8) is 0 Å². The molecule has 0 saturated carbocycles. The van der Waals surface area contributed by atoms with Crippen LogP contribution in [0.5, 0.6) is 11.5 Å². The Kier molecular flexibility index (Phi) is 5.09. The van der Waals surface area contributed by atoms with Gasteiger partial charge in [-0.2, -0.15) is 4.31 Å². The summed E-state index contributed by atoms with van der Waals surface area (Å²) in [6.45, 7) is 1.66. The Hall–Kier alpha value is -1.58. The molecule has 0 amide bonds. The number of piperazine rings is 1. The number of nitrogens with zero attached hydrogens (tertiary/aromatic N) is 2. The number of benzene rings is 1. The monoisotopic (exact) mass is 345 g/mol. The average molecular weight is 345 g/mol. The Balaban J connectivity index is 2.22. The molecule has 1 aliphatic rings. The molecule has 0 radical (unpaired) electrons. The van der Waals surface area contributed by atoms with Crippen molar-refractivity contribution in [3.8, 4) is 11.5 Å². The summed E-state index contributed by atoms with van der Waals surface area (Å²) in [4.78, 5) is 1.96. The number of thiocarbonyl (C=S) groups is 1. The Morgan fingerprint density at radius 3 is 2.23 bits per heavy atom. The van der Waals surface area contributed by atoms with Gasteiger partial charge in [0.15, 0.2) is 16.6 Å². The van der Waals surface area contributed by atoms with Crippen LogP contribution in [0.25, 0.3) is 0 Å². The van der Waals surface area contributed by atoms with E-state index in [2.05, 4.69) is 0 Å². The van der Waals surface area contributed by atoms with Gasteiger partial charge < -0.3 is 20.1 Å². The molecule has 1 fully saturated rings. The molecule has 0 aliphatic carbocycles. The second-order valence-corrected chi connectivity index (χ2v) is 7.10. The summed E-state index contributed by atoms with van der Waals surface area (Å²) < 4.78 is 37.1. The van der Waals surface area contributed by atoms with E-state index < -0.39 is 10.0 Å². The number of hydrogen-bond donors (Lipinski definition) is 1. The third-order valence-corrected chi connectivity index (χ3v) is 5.70. The molecule has 0 spiro atoms. The van der Waals surface area contributed by atoms with Gasteiger partial charge in [0, 0.05) is 32.2 Å². The quantitative estimate of drug-likeness (QED) is 0.783. The molecule has 0 aromatic heterocycles. The molecule has 1 aromatic carbocycles. The minimum atomic E-state index is -3.58. The van der Waals surface area contributed by atoms with E-state index in [4.69, 9.17) is 27.4 Å². The van der Waals surface area contributed by atoms with E-state index >= 15 is 0 Å². The number of rotatable bonds is 4. The van der Waals surface area contributed by atoms with Crippen LogP contribution >= 0.6 is 12.2 Å². The molecule has 2 N–H and O–H groups in total. The van der Waals surface area contributed by atoms with Gasteiger partial charge in [-0.25, -0.2) is 8.42 Å². The Morgan fingerprint density at radius 2 is 1.73 bits per heavy atom. The predicted molar refractivity (Wildman–Crippen MR) is 86.7 cm³/mol. The SMILES string of the molecule is COc1ccc(S(=O)(=O)N2CCN(C(N)=S)CC2)cc1OC. The molecule has 7 nitrogen and oxygen atoms in total. The van der Waals surface area contributed by atoms with Crippen LogP contribution in [0.15, 0.2) is 23.1 Å². The highest BCUT2D eigenvalue weighted by molar-refractivity contribution is 7.89.